The van der Waals surface area contributed by atoms with Gasteiger partial charge in [-0.3, -0.25) is 9.59 Å². The summed E-state index contributed by atoms with van der Waals surface area (Å²) in [5, 5.41) is 0. The van der Waals surface area contributed by atoms with Crippen LogP contribution < -0.4 is 4.74 Å². The maximum absolute atomic E-state index is 13.3. The fourth-order valence-corrected chi connectivity index (χ4v) is 4.16. The van der Waals surface area contributed by atoms with E-state index in [0.717, 1.165) is 22.4 Å². The standard InChI is InChI=1S/C25H23NO3/c1-17(27)23(19-8-4-3-5-9-19)24-21-10-6-7-11-22(21)25(28)26(24)16-18-12-14-20(29-2)15-13-18/h3-15,23-24H,16H2,1-2H3. The summed E-state index contributed by atoms with van der Waals surface area (Å²) in [6.07, 6.45) is 0. The van der Waals surface area contributed by atoms with E-state index in [9.17, 15) is 9.59 Å². The smallest absolute Gasteiger partial charge is 0.255 e. The van der Waals surface area contributed by atoms with E-state index in [4.69, 9.17) is 4.74 Å². The Labute approximate surface area is 170 Å². The molecule has 0 N–H and O–H groups in total. The molecule has 4 rings (SSSR count). The minimum atomic E-state index is -0.415. The van der Waals surface area contributed by atoms with Crippen LogP contribution in [0, 0.1) is 0 Å². The van der Waals surface area contributed by atoms with Gasteiger partial charge in [0, 0.05) is 12.1 Å². The predicted molar refractivity (Wildman–Crippen MR) is 112 cm³/mol. The van der Waals surface area contributed by atoms with Crippen LogP contribution in [0.5, 0.6) is 5.75 Å². The van der Waals surface area contributed by atoms with Crippen molar-refractivity contribution < 1.29 is 14.3 Å². The van der Waals surface area contributed by atoms with Crippen molar-refractivity contribution in [3.05, 3.63) is 101 Å². The number of nitrogens with zero attached hydrogens (tertiary/aromatic N) is 1. The summed E-state index contributed by atoms with van der Waals surface area (Å²) in [6, 6.07) is 24.7. The van der Waals surface area contributed by atoms with Crippen LogP contribution in [-0.2, 0) is 11.3 Å². The maximum atomic E-state index is 13.3. The second-order valence-corrected chi connectivity index (χ2v) is 7.31. The average molecular weight is 385 g/mol. The van der Waals surface area contributed by atoms with Crippen molar-refractivity contribution in [3.63, 3.8) is 0 Å². The molecule has 4 nitrogen and oxygen atoms in total. The van der Waals surface area contributed by atoms with Crippen molar-refractivity contribution in [2.45, 2.75) is 25.4 Å². The van der Waals surface area contributed by atoms with Gasteiger partial charge in [0.25, 0.3) is 5.91 Å². The molecule has 0 bridgehead atoms. The lowest BCUT2D eigenvalue weighted by Crippen LogP contribution is -2.33. The first kappa shape index (κ1) is 18.9. The molecule has 0 fully saturated rings. The van der Waals surface area contributed by atoms with Crippen LogP contribution in [0.15, 0.2) is 78.9 Å². The SMILES string of the molecule is COc1ccc(CN2C(=O)c3ccccc3C2C(C(C)=O)c2ccccc2)cc1. The number of amides is 1. The Bertz CT molecular complexity index is 1030. The summed E-state index contributed by atoms with van der Waals surface area (Å²) in [6.45, 7) is 2.04. The van der Waals surface area contributed by atoms with E-state index in [1.807, 2.05) is 83.8 Å². The highest BCUT2D eigenvalue weighted by molar-refractivity contribution is 6.00. The summed E-state index contributed by atoms with van der Waals surface area (Å²) in [5.74, 6) is 0.364. The first-order chi connectivity index (χ1) is 14.1. The molecule has 2 atom stereocenters. The summed E-state index contributed by atoms with van der Waals surface area (Å²) < 4.78 is 5.23. The Morgan fingerprint density at radius 2 is 1.62 bits per heavy atom. The number of ketones is 1. The number of benzene rings is 3. The normalized spacial score (nSPS) is 16.4. The van der Waals surface area contributed by atoms with Gasteiger partial charge in [0.15, 0.2) is 0 Å². The van der Waals surface area contributed by atoms with Gasteiger partial charge in [-0.2, -0.15) is 0 Å². The van der Waals surface area contributed by atoms with E-state index < -0.39 is 5.92 Å². The molecule has 1 heterocycles. The minimum Gasteiger partial charge on any atom is -0.497 e. The highest BCUT2D eigenvalue weighted by Gasteiger charge is 2.43. The van der Waals surface area contributed by atoms with Gasteiger partial charge in [-0.05, 0) is 41.8 Å². The zero-order valence-corrected chi connectivity index (χ0v) is 16.5. The zero-order valence-electron chi connectivity index (χ0n) is 16.5. The Morgan fingerprint density at radius 1 is 0.966 bits per heavy atom. The molecule has 3 aromatic carbocycles. The molecule has 0 saturated carbocycles. The molecular weight excluding hydrogens is 362 g/mol. The molecule has 0 saturated heterocycles. The maximum Gasteiger partial charge on any atom is 0.255 e. The van der Waals surface area contributed by atoms with Gasteiger partial charge in [-0.25, -0.2) is 0 Å². The van der Waals surface area contributed by atoms with Gasteiger partial charge in [0.05, 0.1) is 19.1 Å². The number of carbonyl (C=O) groups is 2. The first-order valence-electron chi connectivity index (χ1n) is 9.68. The van der Waals surface area contributed by atoms with Gasteiger partial charge in [0.2, 0.25) is 0 Å². The van der Waals surface area contributed by atoms with Gasteiger partial charge in [0.1, 0.15) is 11.5 Å². The van der Waals surface area contributed by atoms with Crippen molar-refractivity contribution in [2.24, 2.45) is 0 Å². The average Bonchev–Trinajstić information content (AvgIpc) is 3.02. The molecule has 1 aliphatic rings. The van der Waals surface area contributed by atoms with E-state index in [2.05, 4.69) is 0 Å². The highest BCUT2D eigenvalue weighted by atomic mass is 16.5. The molecule has 0 radical (unpaired) electrons. The van der Waals surface area contributed by atoms with E-state index in [1.165, 1.54) is 0 Å². The van der Waals surface area contributed by atoms with E-state index in [1.54, 1.807) is 14.0 Å². The molecule has 0 aromatic heterocycles. The van der Waals surface area contributed by atoms with Crippen LogP contribution in [0.2, 0.25) is 0 Å². The van der Waals surface area contributed by atoms with Gasteiger partial charge < -0.3 is 9.64 Å². The summed E-state index contributed by atoms with van der Waals surface area (Å²) in [5.41, 5.74) is 3.50. The summed E-state index contributed by atoms with van der Waals surface area (Å²) in [7, 11) is 1.63. The number of methoxy groups -OCH3 is 1. The van der Waals surface area contributed by atoms with Crippen molar-refractivity contribution >= 4 is 11.7 Å². The van der Waals surface area contributed by atoms with Crippen LogP contribution in [0.3, 0.4) is 0 Å². The van der Waals surface area contributed by atoms with Crippen molar-refractivity contribution in [3.8, 4) is 5.75 Å². The number of carbonyl (C=O) groups excluding carboxylic acids is 2. The number of hydrogen-bond donors (Lipinski definition) is 0. The lowest BCUT2D eigenvalue weighted by atomic mass is 9.84. The monoisotopic (exact) mass is 385 g/mol. The molecule has 1 amide bonds. The van der Waals surface area contributed by atoms with Crippen LogP contribution in [-0.4, -0.2) is 23.7 Å². The van der Waals surface area contributed by atoms with Gasteiger partial charge in [-0.15, -0.1) is 0 Å². The molecule has 0 spiro atoms. The van der Waals surface area contributed by atoms with E-state index in [0.29, 0.717) is 12.1 Å². The molecule has 0 aliphatic carbocycles. The molecule has 4 heteroatoms. The number of ether oxygens (including phenoxy) is 1. The third kappa shape index (κ3) is 3.54. The fourth-order valence-electron chi connectivity index (χ4n) is 4.16. The van der Waals surface area contributed by atoms with E-state index >= 15 is 0 Å². The largest absolute Gasteiger partial charge is 0.497 e. The molecule has 29 heavy (non-hydrogen) atoms. The number of Topliss-reactive ketones (excluding diaryl/α,β-unsaturated/α-hetero) is 1. The highest BCUT2D eigenvalue weighted by Crippen LogP contribution is 2.44. The quantitative estimate of drug-likeness (QED) is 0.614. The number of hydrogen-bond acceptors (Lipinski definition) is 3. The molecule has 1 aliphatic heterocycles. The van der Waals surface area contributed by atoms with Crippen LogP contribution >= 0.6 is 0 Å². The van der Waals surface area contributed by atoms with Crippen molar-refractivity contribution in [1.82, 2.24) is 4.90 Å². The van der Waals surface area contributed by atoms with Crippen LogP contribution in [0.4, 0.5) is 0 Å². The third-order valence-electron chi connectivity index (χ3n) is 5.53. The second-order valence-electron chi connectivity index (χ2n) is 7.31. The third-order valence-corrected chi connectivity index (χ3v) is 5.53. The molecule has 146 valence electrons. The minimum absolute atomic E-state index is 0.0383. The fraction of sp³-hybridized carbons (Fsp3) is 0.200. The lowest BCUT2D eigenvalue weighted by molar-refractivity contribution is -0.119. The van der Waals surface area contributed by atoms with Gasteiger partial charge in [-0.1, -0.05) is 60.7 Å². The van der Waals surface area contributed by atoms with Crippen molar-refractivity contribution in [1.29, 1.82) is 0 Å². The summed E-state index contributed by atoms with van der Waals surface area (Å²) >= 11 is 0. The first-order valence-corrected chi connectivity index (χ1v) is 9.68. The molecule has 3 aromatic rings. The second kappa shape index (κ2) is 7.92. The van der Waals surface area contributed by atoms with Crippen molar-refractivity contribution in [2.75, 3.05) is 7.11 Å². The summed E-state index contributed by atoms with van der Waals surface area (Å²) in [4.78, 5) is 27.9. The molecule has 2 unspecified atom stereocenters. The van der Waals surface area contributed by atoms with Gasteiger partial charge >= 0.3 is 0 Å². The Balaban J connectivity index is 1.78. The lowest BCUT2D eigenvalue weighted by Gasteiger charge is -2.31. The Morgan fingerprint density at radius 3 is 2.28 bits per heavy atom. The zero-order chi connectivity index (χ0) is 20.4. The Hall–Kier alpha value is -3.40. The van der Waals surface area contributed by atoms with Crippen LogP contribution in [0.1, 0.15) is 45.9 Å². The molecular formula is C25H23NO3. The number of rotatable bonds is 6. The van der Waals surface area contributed by atoms with Crippen LogP contribution in [0.25, 0.3) is 0 Å². The number of fused-ring (bicyclic) bond motifs is 1. The topological polar surface area (TPSA) is 46.6 Å². The predicted octanol–water partition coefficient (Wildman–Crippen LogP) is 4.77. The van der Waals surface area contributed by atoms with E-state index in [-0.39, 0.29) is 17.7 Å². The Kier molecular flexibility index (Phi) is 5.17.